The molecule has 0 aromatic heterocycles. The molecule has 2 aliphatic carbocycles. The van der Waals surface area contributed by atoms with Gasteiger partial charge in [-0.15, -0.1) is 23.2 Å². The van der Waals surface area contributed by atoms with Crippen molar-refractivity contribution >= 4 is 75.5 Å². The summed E-state index contributed by atoms with van der Waals surface area (Å²) in [6.07, 6.45) is 1.78. The number of imide groups is 2. The smallest absolute Gasteiger partial charge is 0.258 e. The number of amides is 4. The Hall–Kier alpha value is -3.96. The van der Waals surface area contributed by atoms with Crippen LogP contribution in [0.1, 0.15) is 24.3 Å². The summed E-state index contributed by atoms with van der Waals surface area (Å²) < 4.78 is 19.3. The molecule has 3 saturated heterocycles. The SMILES string of the molecule is O=C1[C@H]2[C@H](CC=C3[C@H]2C[C@@]2(Cl)C(=O)N(c4ccc(F)cc4)C(=O)[C@@]2(Cl)[C@H]3c2ccc(O)cc2Cl)C(=O)N1c1ccc(N2CCOCC2)cc1. The van der Waals surface area contributed by atoms with E-state index >= 15 is 0 Å². The van der Waals surface area contributed by atoms with Gasteiger partial charge in [-0.2, -0.15) is 0 Å². The molecule has 13 heteroatoms. The van der Waals surface area contributed by atoms with Crippen LogP contribution < -0.4 is 14.7 Å². The van der Waals surface area contributed by atoms with Crippen molar-refractivity contribution in [3.63, 3.8) is 0 Å². The number of ether oxygens (including phenoxy) is 1. The minimum absolute atomic E-state index is 0.0732. The van der Waals surface area contributed by atoms with E-state index in [-0.39, 0.29) is 35.2 Å². The zero-order valence-electron chi connectivity index (χ0n) is 25.8. The van der Waals surface area contributed by atoms with Gasteiger partial charge in [0, 0.05) is 29.7 Å². The summed E-state index contributed by atoms with van der Waals surface area (Å²) in [6, 6.07) is 16.3. The second-order valence-corrected chi connectivity index (χ2v) is 14.7. The number of carbonyl (C=O) groups excluding carboxylic acids is 4. The molecule has 0 unspecified atom stereocenters. The number of carbonyl (C=O) groups is 4. The van der Waals surface area contributed by atoms with E-state index in [9.17, 15) is 28.7 Å². The van der Waals surface area contributed by atoms with Crippen LogP contribution in [0.2, 0.25) is 5.02 Å². The highest BCUT2D eigenvalue weighted by molar-refractivity contribution is 6.58. The lowest BCUT2D eigenvalue weighted by Crippen LogP contribution is -2.60. The Morgan fingerprint density at radius 1 is 0.796 bits per heavy atom. The summed E-state index contributed by atoms with van der Waals surface area (Å²) in [5, 5.41) is 10.3. The maximum atomic E-state index is 14.5. The summed E-state index contributed by atoms with van der Waals surface area (Å²) in [7, 11) is 0. The number of halogens is 4. The van der Waals surface area contributed by atoms with E-state index in [0.717, 1.165) is 35.8 Å². The van der Waals surface area contributed by atoms with Crippen LogP contribution in [0.25, 0.3) is 0 Å². The molecule has 1 N–H and O–H groups in total. The summed E-state index contributed by atoms with van der Waals surface area (Å²) in [6.45, 7) is 2.69. The first-order valence-electron chi connectivity index (χ1n) is 16.0. The molecule has 9 nitrogen and oxygen atoms in total. The van der Waals surface area contributed by atoms with Crippen molar-refractivity contribution < 1.29 is 33.4 Å². The van der Waals surface area contributed by atoms with E-state index in [2.05, 4.69) is 4.90 Å². The van der Waals surface area contributed by atoms with Gasteiger partial charge in [0.1, 0.15) is 11.6 Å². The second kappa shape index (κ2) is 11.6. The standard InChI is InChI=1S/C36H29Cl3FN3O6/c37-28-17-23(44)9-10-25(28)30-24-11-12-26-29(32(46)42(31(26)45)21-7-5-20(6-8-21)41-13-15-49-16-14-41)27(24)18-35(38)33(47)43(34(48)36(30,35)39)22-3-1-19(40)2-4-22/h1-11,17,26-27,29-30,44H,12-16,18H2/t26-,27+,29-,30+,35+,36-/m0/s1. The van der Waals surface area contributed by atoms with Gasteiger partial charge in [-0.1, -0.05) is 29.3 Å². The number of phenols is 1. The molecule has 3 aromatic carbocycles. The quantitative estimate of drug-likeness (QED) is 0.206. The van der Waals surface area contributed by atoms with Crippen molar-refractivity contribution in [2.75, 3.05) is 41.0 Å². The number of allylic oxidation sites excluding steroid dienone is 2. The number of morpholine rings is 1. The van der Waals surface area contributed by atoms with Gasteiger partial charge in [-0.25, -0.2) is 9.29 Å². The molecule has 252 valence electrons. The fraction of sp³-hybridized carbons (Fsp3) is 0.333. The van der Waals surface area contributed by atoms with Gasteiger partial charge in [0.25, 0.3) is 11.8 Å². The molecule has 49 heavy (non-hydrogen) atoms. The molecule has 6 atom stereocenters. The third kappa shape index (κ3) is 4.60. The lowest BCUT2D eigenvalue weighted by Gasteiger charge is -2.50. The number of nitrogens with zero attached hydrogens (tertiary/aromatic N) is 3. The molecule has 8 rings (SSSR count). The normalized spacial score (nSPS) is 31.1. The van der Waals surface area contributed by atoms with E-state index in [1.165, 1.54) is 35.2 Å². The van der Waals surface area contributed by atoms with Gasteiger partial charge in [-0.3, -0.25) is 24.1 Å². The number of hydrogen-bond acceptors (Lipinski definition) is 7. The van der Waals surface area contributed by atoms with Crippen LogP contribution in [0.4, 0.5) is 21.5 Å². The first-order chi connectivity index (χ1) is 23.5. The molecule has 0 bridgehead atoms. The molecule has 1 saturated carbocycles. The summed E-state index contributed by atoms with van der Waals surface area (Å²) in [4.78, 5) is 57.2. The number of fused-ring (bicyclic) bond motifs is 4. The Morgan fingerprint density at radius 2 is 1.43 bits per heavy atom. The molecule has 4 fully saturated rings. The van der Waals surface area contributed by atoms with Crippen LogP contribution in [0, 0.1) is 23.6 Å². The van der Waals surface area contributed by atoms with Crippen LogP contribution in [0.3, 0.4) is 0 Å². The number of aromatic hydroxyl groups is 1. The number of alkyl halides is 2. The average Bonchev–Trinajstić information content (AvgIpc) is 3.44. The zero-order chi connectivity index (χ0) is 34.4. The number of anilines is 3. The second-order valence-electron chi connectivity index (χ2n) is 13.1. The zero-order valence-corrected chi connectivity index (χ0v) is 28.1. The van der Waals surface area contributed by atoms with E-state index in [4.69, 9.17) is 39.5 Å². The van der Waals surface area contributed by atoms with Gasteiger partial charge in [0.15, 0.2) is 9.75 Å². The third-order valence-electron chi connectivity index (χ3n) is 10.7. The highest BCUT2D eigenvalue weighted by Gasteiger charge is 2.76. The van der Waals surface area contributed by atoms with Gasteiger partial charge in [0.2, 0.25) is 11.8 Å². The maximum absolute atomic E-state index is 14.5. The largest absolute Gasteiger partial charge is 0.508 e. The van der Waals surface area contributed by atoms with Gasteiger partial charge in [0.05, 0.1) is 36.4 Å². The summed E-state index contributed by atoms with van der Waals surface area (Å²) >= 11 is 21.5. The summed E-state index contributed by atoms with van der Waals surface area (Å²) in [5.41, 5.74) is 2.34. The fourth-order valence-corrected chi connectivity index (χ4v) is 9.59. The van der Waals surface area contributed by atoms with E-state index in [1.807, 2.05) is 18.2 Å². The van der Waals surface area contributed by atoms with E-state index < -0.39 is 57.0 Å². The van der Waals surface area contributed by atoms with Crippen LogP contribution in [-0.4, -0.2) is 64.8 Å². The topological polar surface area (TPSA) is 107 Å². The van der Waals surface area contributed by atoms with Crippen molar-refractivity contribution in [2.45, 2.75) is 28.5 Å². The van der Waals surface area contributed by atoms with Gasteiger partial charge < -0.3 is 14.7 Å². The number of rotatable bonds is 4. The molecule has 3 heterocycles. The summed E-state index contributed by atoms with van der Waals surface area (Å²) in [5.74, 6) is -6.67. The highest BCUT2D eigenvalue weighted by Crippen LogP contribution is 2.66. The first-order valence-corrected chi connectivity index (χ1v) is 17.1. The van der Waals surface area contributed by atoms with Crippen molar-refractivity contribution in [1.29, 1.82) is 0 Å². The molecule has 4 amide bonds. The van der Waals surface area contributed by atoms with Gasteiger partial charge >= 0.3 is 0 Å². The predicted octanol–water partition coefficient (Wildman–Crippen LogP) is 5.79. The lowest BCUT2D eigenvalue weighted by atomic mass is 9.56. The molecule has 3 aromatic rings. The van der Waals surface area contributed by atoms with E-state index in [1.54, 1.807) is 12.1 Å². The Morgan fingerprint density at radius 3 is 2.10 bits per heavy atom. The molecule has 3 aliphatic heterocycles. The number of benzene rings is 3. The van der Waals surface area contributed by atoms with Gasteiger partial charge in [-0.05, 0) is 85.0 Å². The van der Waals surface area contributed by atoms with E-state index in [0.29, 0.717) is 30.0 Å². The Labute approximate surface area is 295 Å². The average molecular weight is 725 g/mol. The first kappa shape index (κ1) is 32.3. The third-order valence-corrected chi connectivity index (χ3v) is 12.4. The molecular formula is C36H29Cl3FN3O6. The Balaban J connectivity index is 1.22. The highest BCUT2D eigenvalue weighted by atomic mass is 35.5. The number of hydrogen-bond donors (Lipinski definition) is 1. The number of phenolic OH excluding ortho intramolecular Hbond substituents is 1. The van der Waals surface area contributed by atoms with Crippen molar-refractivity contribution in [3.8, 4) is 5.75 Å². The van der Waals surface area contributed by atoms with Crippen LogP contribution in [-0.2, 0) is 23.9 Å². The lowest BCUT2D eigenvalue weighted by molar-refractivity contribution is -0.125. The van der Waals surface area contributed by atoms with Crippen molar-refractivity contribution in [3.05, 3.63) is 94.8 Å². The maximum Gasteiger partial charge on any atom is 0.258 e. The Kier molecular flexibility index (Phi) is 7.60. The van der Waals surface area contributed by atoms with Crippen LogP contribution in [0.15, 0.2) is 78.4 Å². The van der Waals surface area contributed by atoms with Crippen LogP contribution in [0.5, 0.6) is 5.75 Å². The van der Waals surface area contributed by atoms with Crippen LogP contribution >= 0.6 is 34.8 Å². The molecule has 5 aliphatic rings. The minimum Gasteiger partial charge on any atom is -0.508 e. The predicted molar refractivity (Wildman–Crippen MR) is 182 cm³/mol. The van der Waals surface area contributed by atoms with Crippen molar-refractivity contribution in [2.24, 2.45) is 17.8 Å². The fourth-order valence-electron chi connectivity index (χ4n) is 8.38. The molecule has 0 spiro atoms. The molecular weight excluding hydrogens is 696 g/mol. The van der Waals surface area contributed by atoms with Crippen molar-refractivity contribution in [1.82, 2.24) is 0 Å². The minimum atomic E-state index is -2.13. The molecule has 0 radical (unpaired) electrons. The Bertz CT molecular complexity index is 1950. The monoisotopic (exact) mass is 723 g/mol.